The Hall–Kier alpha value is -0.130. The molecule has 106 valence electrons. The van der Waals surface area contributed by atoms with Gasteiger partial charge in [-0.05, 0) is 45.1 Å². The van der Waals surface area contributed by atoms with Crippen LogP contribution < -0.4 is 10.0 Å². The van der Waals surface area contributed by atoms with Gasteiger partial charge in [-0.15, -0.1) is 0 Å². The second kappa shape index (κ2) is 6.35. The molecule has 1 heterocycles. The fourth-order valence-corrected chi connectivity index (χ4v) is 4.89. The molecule has 1 aliphatic carbocycles. The van der Waals surface area contributed by atoms with Crippen molar-refractivity contribution in [3.05, 3.63) is 0 Å². The highest BCUT2D eigenvalue weighted by molar-refractivity contribution is 7.90. The topological polar surface area (TPSA) is 58.2 Å². The lowest BCUT2D eigenvalue weighted by molar-refractivity contribution is 0.302. The second-order valence-electron chi connectivity index (χ2n) is 5.82. The summed E-state index contributed by atoms with van der Waals surface area (Å²) >= 11 is 0. The van der Waals surface area contributed by atoms with Crippen molar-refractivity contribution in [2.45, 2.75) is 63.2 Å². The number of piperidine rings is 1. The van der Waals surface area contributed by atoms with Crippen LogP contribution in [0.4, 0.5) is 0 Å². The minimum absolute atomic E-state index is 0.0947. The first kappa shape index (κ1) is 14.3. The Bertz CT molecular complexity index is 344. The number of hydrogen-bond acceptors (Lipinski definition) is 3. The third-order valence-electron chi connectivity index (χ3n) is 4.40. The van der Waals surface area contributed by atoms with E-state index in [4.69, 9.17) is 0 Å². The molecule has 0 aromatic carbocycles. The molecule has 2 rings (SSSR count). The van der Waals surface area contributed by atoms with Crippen LogP contribution in [0.3, 0.4) is 0 Å². The van der Waals surface area contributed by atoms with E-state index in [1.807, 2.05) is 6.92 Å². The normalized spacial score (nSPS) is 29.1. The van der Waals surface area contributed by atoms with Gasteiger partial charge in [-0.1, -0.05) is 19.3 Å². The standard InChI is InChI=1S/C13H26N2O2S/c1-11(12-6-3-2-4-7-12)15-18(16,17)13-8-5-9-14-10-13/h11-15H,2-10H2,1H3. The van der Waals surface area contributed by atoms with Crippen molar-refractivity contribution in [3.63, 3.8) is 0 Å². The predicted octanol–water partition coefficient (Wildman–Crippen LogP) is 1.63. The van der Waals surface area contributed by atoms with Crippen LogP contribution in [0, 0.1) is 5.92 Å². The van der Waals surface area contributed by atoms with Crippen LogP contribution in [0.15, 0.2) is 0 Å². The van der Waals surface area contributed by atoms with E-state index in [9.17, 15) is 8.42 Å². The van der Waals surface area contributed by atoms with E-state index in [-0.39, 0.29) is 11.3 Å². The fourth-order valence-electron chi connectivity index (χ4n) is 3.17. The summed E-state index contributed by atoms with van der Waals surface area (Å²) in [6, 6.07) is 0.0947. The molecule has 0 radical (unpaired) electrons. The van der Waals surface area contributed by atoms with Crippen molar-refractivity contribution in [1.29, 1.82) is 0 Å². The summed E-state index contributed by atoms with van der Waals surface area (Å²) < 4.78 is 27.5. The molecular formula is C13H26N2O2S. The van der Waals surface area contributed by atoms with Gasteiger partial charge in [-0.3, -0.25) is 0 Å². The van der Waals surface area contributed by atoms with Crippen molar-refractivity contribution >= 4 is 10.0 Å². The average molecular weight is 274 g/mol. The lowest BCUT2D eigenvalue weighted by atomic mass is 9.85. The van der Waals surface area contributed by atoms with E-state index < -0.39 is 10.0 Å². The molecule has 2 atom stereocenters. The number of sulfonamides is 1. The van der Waals surface area contributed by atoms with Gasteiger partial charge in [0.1, 0.15) is 0 Å². The van der Waals surface area contributed by atoms with E-state index in [2.05, 4.69) is 10.0 Å². The van der Waals surface area contributed by atoms with Crippen LogP contribution in [-0.2, 0) is 10.0 Å². The Morgan fingerprint density at radius 1 is 1.11 bits per heavy atom. The van der Waals surface area contributed by atoms with E-state index >= 15 is 0 Å². The molecule has 0 bridgehead atoms. The van der Waals surface area contributed by atoms with Crippen LogP contribution in [0.2, 0.25) is 0 Å². The molecule has 1 saturated heterocycles. The quantitative estimate of drug-likeness (QED) is 0.819. The maximum atomic E-state index is 12.3. The highest BCUT2D eigenvalue weighted by Crippen LogP contribution is 2.27. The van der Waals surface area contributed by atoms with E-state index in [1.54, 1.807) is 0 Å². The molecule has 4 nitrogen and oxygen atoms in total. The largest absolute Gasteiger partial charge is 0.315 e. The third-order valence-corrected chi connectivity index (χ3v) is 6.38. The van der Waals surface area contributed by atoms with Gasteiger partial charge in [0.2, 0.25) is 10.0 Å². The highest BCUT2D eigenvalue weighted by atomic mass is 32.2. The monoisotopic (exact) mass is 274 g/mol. The molecule has 0 aromatic heterocycles. The first-order valence-electron chi connectivity index (χ1n) is 7.31. The predicted molar refractivity (Wildman–Crippen MR) is 74.0 cm³/mol. The molecule has 2 unspecified atom stereocenters. The first-order valence-corrected chi connectivity index (χ1v) is 8.86. The summed E-state index contributed by atoms with van der Waals surface area (Å²) in [6.07, 6.45) is 7.91. The Morgan fingerprint density at radius 3 is 2.44 bits per heavy atom. The van der Waals surface area contributed by atoms with Gasteiger partial charge in [0.05, 0.1) is 5.25 Å². The highest BCUT2D eigenvalue weighted by Gasteiger charge is 2.30. The van der Waals surface area contributed by atoms with Crippen LogP contribution in [0.25, 0.3) is 0 Å². The average Bonchev–Trinajstić information content (AvgIpc) is 2.40. The van der Waals surface area contributed by atoms with Crippen LogP contribution in [-0.4, -0.2) is 32.8 Å². The van der Waals surface area contributed by atoms with Gasteiger partial charge >= 0.3 is 0 Å². The van der Waals surface area contributed by atoms with Crippen molar-refractivity contribution in [1.82, 2.24) is 10.0 Å². The number of hydrogen-bond donors (Lipinski definition) is 2. The zero-order valence-corrected chi connectivity index (χ0v) is 12.1. The summed E-state index contributed by atoms with van der Waals surface area (Å²) in [5, 5.41) is 2.94. The smallest absolute Gasteiger partial charge is 0.215 e. The molecule has 0 spiro atoms. The molecule has 2 N–H and O–H groups in total. The molecule has 5 heteroatoms. The molecule has 2 fully saturated rings. The van der Waals surface area contributed by atoms with Crippen molar-refractivity contribution in [3.8, 4) is 0 Å². The molecule has 1 saturated carbocycles. The van der Waals surface area contributed by atoms with E-state index in [0.29, 0.717) is 12.5 Å². The summed E-state index contributed by atoms with van der Waals surface area (Å²) in [5.41, 5.74) is 0. The van der Waals surface area contributed by atoms with E-state index in [0.717, 1.165) is 19.4 Å². The summed E-state index contributed by atoms with van der Waals surface area (Å²) in [7, 11) is -3.14. The number of nitrogens with one attached hydrogen (secondary N) is 2. The van der Waals surface area contributed by atoms with Crippen LogP contribution in [0.5, 0.6) is 0 Å². The fraction of sp³-hybridized carbons (Fsp3) is 1.00. The first-order chi connectivity index (χ1) is 8.59. The van der Waals surface area contributed by atoms with Gasteiger partial charge in [0, 0.05) is 12.6 Å². The zero-order chi connectivity index (χ0) is 13.0. The summed E-state index contributed by atoms with van der Waals surface area (Å²) in [4.78, 5) is 0. The molecule has 0 amide bonds. The van der Waals surface area contributed by atoms with E-state index in [1.165, 1.54) is 32.1 Å². The summed E-state index contributed by atoms with van der Waals surface area (Å²) in [5.74, 6) is 0.532. The Balaban J connectivity index is 1.89. The van der Waals surface area contributed by atoms with Gasteiger partial charge in [-0.2, -0.15) is 0 Å². The zero-order valence-electron chi connectivity index (χ0n) is 11.3. The second-order valence-corrected chi connectivity index (χ2v) is 7.81. The van der Waals surface area contributed by atoms with Gasteiger partial charge in [0.15, 0.2) is 0 Å². The van der Waals surface area contributed by atoms with Crippen molar-refractivity contribution in [2.24, 2.45) is 5.92 Å². The van der Waals surface area contributed by atoms with Gasteiger partial charge in [0.25, 0.3) is 0 Å². The Kier molecular flexibility index (Phi) is 5.04. The minimum atomic E-state index is -3.14. The number of rotatable bonds is 4. The van der Waals surface area contributed by atoms with Crippen molar-refractivity contribution in [2.75, 3.05) is 13.1 Å². The maximum Gasteiger partial charge on any atom is 0.215 e. The third kappa shape index (κ3) is 3.68. The SMILES string of the molecule is CC(NS(=O)(=O)C1CCCNC1)C1CCCCC1. The Labute approximate surface area is 111 Å². The van der Waals surface area contributed by atoms with Gasteiger partial charge in [-0.25, -0.2) is 13.1 Å². The van der Waals surface area contributed by atoms with Crippen molar-refractivity contribution < 1.29 is 8.42 Å². The molecular weight excluding hydrogens is 248 g/mol. The molecule has 2 aliphatic rings. The molecule has 1 aliphatic heterocycles. The minimum Gasteiger partial charge on any atom is -0.315 e. The lowest BCUT2D eigenvalue weighted by Crippen LogP contribution is -2.48. The van der Waals surface area contributed by atoms with Crippen LogP contribution >= 0.6 is 0 Å². The molecule has 0 aromatic rings. The lowest BCUT2D eigenvalue weighted by Gasteiger charge is -2.30. The Morgan fingerprint density at radius 2 is 1.83 bits per heavy atom. The summed E-state index contributed by atoms with van der Waals surface area (Å²) in [6.45, 7) is 3.58. The maximum absolute atomic E-state index is 12.3. The van der Waals surface area contributed by atoms with Gasteiger partial charge < -0.3 is 5.32 Å². The van der Waals surface area contributed by atoms with Crippen LogP contribution in [0.1, 0.15) is 51.9 Å². The molecule has 18 heavy (non-hydrogen) atoms.